The van der Waals surface area contributed by atoms with Crippen molar-refractivity contribution >= 4 is 5.90 Å². The summed E-state index contributed by atoms with van der Waals surface area (Å²) in [7, 11) is 1.65. The average Bonchev–Trinajstić information content (AvgIpc) is 2.77. The van der Waals surface area contributed by atoms with Crippen molar-refractivity contribution in [3.05, 3.63) is 23.5 Å². The van der Waals surface area contributed by atoms with Gasteiger partial charge in [0.15, 0.2) is 0 Å². The Bertz CT molecular complexity index is 441. The van der Waals surface area contributed by atoms with E-state index in [0.29, 0.717) is 18.4 Å². The van der Waals surface area contributed by atoms with Gasteiger partial charge in [-0.15, -0.1) is 0 Å². The van der Waals surface area contributed by atoms with Crippen molar-refractivity contribution < 1.29 is 9.47 Å². The molecule has 0 spiro atoms. The first-order valence-corrected chi connectivity index (χ1v) is 5.84. The van der Waals surface area contributed by atoms with E-state index in [4.69, 9.17) is 9.47 Å². The number of nitrogens with zero attached hydrogens (tertiary/aromatic N) is 2. The molecule has 0 fully saturated rings. The lowest BCUT2D eigenvalue weighted by Gasteiger charge is -2.06. The van der Waals surface area contributed by atoms with Crippen LogP contribution in [0.4, 0.5) is 0 Å². The Balaban J connectivity index is 2.29. The smallest absolute Gasteiger partial charge is 0.235 e. The minimum absolute atomic E-state index is 0.235. The second kappa shape index (κ2) is 4.73. The highest BCUT2D eigenvalue weighted by Gasteiger charge is 2.23. The zero-order chi connectivity index (χ0) is 12.4. The highest BCUT2D eigenvalue weighted by molar-refractivity contribution is 5.93. The third kappa shape index (κ3) is 2.57. The monoisotopic (exact) mass is 234 g/mol. The van der Waals surface area contributed by atoms with Crippen molar-refractivity contribution in [2.45, 2.75) is 26.8 Å². The van der Waals surface area contributed by atoms with Crippen molar-refractivity contribution in [2.24, 2.45) is 10.9 Å². The molecule has 1 aromatic rings. The lowest BCUT2D eigenvalue weighted by Crippen LogP contribution is -2.13. The molecule has 0 radical (unpaired) electrons. The van der Waals surface area contributed by atoms with E-state index in [0.717, 1.165) is 17.1 Å². The van der Waals surface area contributed by atoms with Gasteiger partial charge in [-0.05, 0) is 12.8 Å². The summed E-state index contributed by atoms with van der Waals surface area (Å²) < 4.78 is 10.8. The molecule has 1 aliphatic heterocycles. The fourth-order valence-electron chi connectivity index (χ4n) is 1.74. The van der Waals surface area contributed by atoms with E-state index >= 15 is 0 Å². The molecular weight excluding hydrogens is 216 g/mol. The van der Waals surface area contributed by atoms with Gasteiger partial charge in [0.2, 0.25) is 5.90 Å². The van der Waals surface area contributed by atoms with Crippen LogP contribution < -0.4 is 4.74 Å². The van der Waals surface area contributed by atoms with Gasteiger partial charge in [-0.1, -0.05) is 13.8 Å². The van der Waals surface area contributed by atoms with Crippen molar-refractivity contribution in [2.75, 3.05) is 13.7 Å². The fraction of sp³-hybridized carbons (Fsp3) is 0.538. The quantitative estimate of drug-likeness (QED) is 0.805. The topological polar surface area (TPSA) is 43.7 Å². The Morgan fingerprint density at radius 2 is 2.18 bits per heavy atom. The third-order valence-electron chi connectivity index (χ3n) is 2.83. The maximum Gasteiger partial charge on any atom is 0.235 e. The van der Waals surface area contributed by atoms with Crippen LogP contribution in [0.25, 0.3) is 0 Å². The van der Waals surface area contributed by atoms with Crippen LogP contribution in [0.15, 0.2) is 17.1 Å². The van der Waals surface area contributed by atoms with E-state index in [2.05, 4.69) is 23.8 Å². The predicted octanol–water partition coefficient (Wildman–Crippen LogP) is 2.20. The Labute approximate surface area is 102 Å². The number of aromatic nitrogens is 1. The Morgan fingerprint density at radius 3 is 2.76 bits per heavy atom. The van der Waals surface area contributed by atoms with Crippen LogP contribution in [0.2, 0.25) is 0 Å². The number of hydrogen-bond acceptors (Lipinski definition) is 4. The molecule has 2 rings (SSSR count). The maximum atomic E-state index is 5.60. The predicted molar refractivity (Wildman–Crippen MR) is 66.6 cm³/mol. The number of aryl methyl sites for hydroxylation is 1. The second-order valence-electron chi connectivity index (χ2n) is 4.59. The summed E-state index contributed by atoms with van der Waals surface area (Å²) in [6, 6.07) is 3.98. The molecule has 17 heavy (non-hydrogen) atoms. The molecule has 4 heteroatoms. The lowest BCUT2D eigenvalue weighted by atomic mass is 10.1. The van der Waals surface area contributed by atoms with E-state index in [1.54, 1.807) is 7.11 Å². The molecule has 0 aliphatic carbocycles. The first kappa shape index (κ1) is 11.9. The molecule has 1 aromatic heterocycles. The van der Waals surface area contributed by atoms with Crippen molar-refractivity contribution in [1.29, 1.82) is 0 Å². The molecular formula is C13H18N2O2. The summed E-state index contributed by atoms with van der Waals surface area (Å²) in [6.07, 6.45) is 0. The van der Waals surface area contributed by atoms with Gasteiger partial charge in [0.25, 0.3) is 0 Å². The number of ether oxygens (including phenoxy) is 2. The Morgan fingerprint density at radius 1 is 1.41 bits per heavy atom. The summed E-state index contributed by atoms with van der Waals surface area (Å²) in [6.45, 7) is 6.86. The van der Waals surface area contributed by atoms with Gasteiger partial charge >= 0.3 is 0 Å². The van der Waals surface area contributed by atoms with Crippen LogP contribution in [0.1, 0.15) is 25.2 Å². The molecule has 0 N–H and O–H groups in total. The molecule has 4 nitrogen and oxygen atoms in total. The number of aliphatic imine (C=N–C) groups is 1. The van der Waals surface area contributed by atoms with Gasteiger partial charge in [-0.25, -0.2) is 9.98 Å². The number of rotatable bonds is 3. The van der Waals surface area contributed by atoms with Crippen LogP contribution >= 0.6 is 0 Å². The van der Waals surface area contributed by atoms with Crippen LogP contribution in [-0.2, 0) is 4.74 Å². The molecule has 0 amide bonds. The number of methoxy groups -OCH3 is 1. The highest BCUT2D eigenvalue weighted by Crippen LogP contribution is 2.20. The van der Waals surface area contributed by atoms with Crippen LogP contribution in [0, 0.1) is 12.8 Å². The largest absolute Gasteiger partial charge is 0.497 e. The van der Waals surface area contributed by atoms with E-state index in [-0.39, 0.29) is 6.04 Å². The van der Waals surface area contributed by atoms with Crippen LogP contribution in [-0.4, -0.2) is 30.6 Å². The zero-order valence-electron chi connectivity index (χ0n) is 10.7. The van der Waals surface area contributed by atoms with Gasteiger partial charge in [0, 0.05) is 17.8 Å². The first-order valence-electron chi connectivity index (χ1n) is 5.84. The Kier molecular flexibility index (Phi) is 3.31. The van der Waals surface area contributed by atoms with Gasteiger partial charge < -0.3 is 9.47 Å². The van der Waals surface area contributed by atoms with Gasteiger partial charge in [-0.3, -0.25) is 0 Å². The molecule has 1 aliphatic rings. The van der Waals surface area contributed by atoms with Gasteiger partial charge in [0.05, 0.1) is 13.2 Å². The zero-order valence-corrected chi connectivity index (χ0v) is 10.7. The van der Waals surface area contributed by atoms with E-state index in [1.165, 1.54) is 0 Å². The second-order valence-corrected chi connectivity index (χ2v) is 4.59. The number of hydrogen-bond donors (Lipinski definition) is 0. The molecule has 1 unspecified atom stereocenters. The third-order valence-corrected chi connectivity index (χ3v) is 2.83. The molecule has 2 heterocycles. The molecule has 0 saturated carbocycles. The van der Waals surface area contributed by atoms with Gasteiger partial charge in [-0.2, -0.15) is 0 Å². The SMILES string of the molecule is COc1cc(C)nc(C2=NC(C(C)C)CO2)c1. The van der Waals surface area contributed by atoms with Crippen LogP contribution in [0.3, 0.4) is 0 Å². The van der Waals surface area contributed by atoms with Crippen molar-refractivity contribution in [3.8, 4) is 5.75 Å². The van der Waals surface area contributed by atoms with Gasteiger partial charge in [0.1, 0.15) is 18.1 Å². The minimum atomic E-state index is 0.235. The molecule has 1 atom stereocenters. The standard InChI is InChI=1S/C13H18N2O2/c1-8(2)12-7-17-13(15-12)11-6-10(16-4)5-9(3)14-11/h5-6,8,12H,7H2,1-4H3. The van der Waals surface area contributed by atoms with Crippen molar-refractivity contribution in [1.82, 2.24) is 4.98 Å². The first-order chi connectivity index (χ1) is 8.10. The molecule has 0 aromatic carbocycles. The van der Waals surface area contributed by atoms with E-state index in [9.17, 15) is 0 Å². The molecule has 0 saturated heterocycles. The van der Waals surface area contributed by atoms with E-state index < -0.39 is 0 Å². The van der Waals surface area contributed by atoms with E-state index in [1.807, 2.05) is 19.1 Å². The normalized spacial score (nSPS) is 19.1. The summed E-state index contributed by atoms with van der Waals surface area (Å²) in [5.74, 6) is 1.90. The average molecular weight is 234 g/mol. The minimum Gasteiger partial charge on any atom is -0.497 e. The number of pyridine rings is 1. The maximum absolute atomic E-state index is 5.60. The highest BCUT2D eigenvalue weighted by atomic mass is 16.5. The Hall–Kier alpha value is -1.58. The summed E-state index contributed by atoms with van der Waals surface area (Å²) in [4.78, 5) is 8.97. The lowest BCUT2D eigenvalue weighted by molar-refractivity contribution is 0.291. The van der Waals surface area contributed by atoms with Crippen molar-refractivity contribution in [3.63, 3.8) is 0 Å². The van der Waals surface area contributed by atoms with Crippen LogP contribution in [0.5, 0.6) is 5.75 Å². The fourth-order valence-corrected chi connectivity index (χ4v) is 1.74. The summed E-state index contributed by atoms with van der Waals surface area (Å²) in [5.41, 5.74) is 1.66. The summed E-state index contributed by atoms with van der Waals surface area (Å²) in [5, 5.41) is 0. The molecule has 0 bridgehead atoms. The molecule has 92 valence electrons. The summed E-state index contributed by atoms with van der Waals surface area (Å²) >= 11 is 0.